The number of rotatable bonds is 7. The number of hydrogen-bond acceptors (Lipinski definition) is 3. The third-order valence-corrected chi connectivity index (χ3v) is 2.50. The lowest BCUT2D eigenvalue weighted by Crippen LogP contribution is -2.15. The van der Waals surface area contributed by atoms with E-state index in [-0.39, 0.29) is 12.5 Å². The van der Waals surface area contributed by atoms with E-state index in [9.17, 15) is 4.79 Å². The zero-order valence-corrected chi connectivity index (χ0v) is 8.27. The molecule has 4 heteroatoms. The van der Waals surface area contributed by atoms with Crippen molar-refractivity contribution in [1.82, 2.24) is 0 Å². The monoisotopic (exact) mass is 191 g/mol. The van der Waals surface area contributed by atoms with E-state index in [1.165, 1.54) is 0 Å². The molecular formula is C8H17NO2S. The van der Waals surface area contributed by atoms with E-state index in [0.29, 0.717) is 0 Å². The third kappa shape index (κ3) is 9.78. The largest absolute Gasteiger partial charge is 0.481 e. The Morgan fingerprint density at radius 3 is 2.75 bits per heavy atom. The molecule has 12 heavy (non-hydrogen) atoms. The summed E-state index contributed by atoms with van der Waals surface area (Å²) in [5.74, 6) is 1.26. The van der Waals surface area contributed by atoms with Crippen LogP contribution in [0.3, 0.4) is 0 Å². The molecule has 3 nitrogen and oxygen atoms in total. The molecule has 72 valence electrons. The second-order valence-electron chi connectivity index (χ2n) is 2.88. The Balaban J connectivity index is 2.96. The summed E-state index contributed by atoms with van der Waals surface area (Å²) in [4.78, 5) is 10.1. The van der Waals surface area contributed by atoms with E-state index in [1.807, 2.05) is 6.92 Å². The molecule has 0 aromatic carbocycles. The van der Waals surface area contributed by atoms with Gasteiger partial charge in [-0.1, -0.05) is 0 Å². The lowest BCUT2D eigenvalue weighted by atomic mass is 10.3. The van der Waals surface area contributed by atoms with Crippen molar-refractivity contribution in [3.05, 3.63) is 0 Å². The first kappa shape index (κ1) is 11.8. The molecule has 0 aliphatic heterocycles. The first-order chi connectivity index (χ1) is 5.63. The minimum Gasteiger partial charge on any atom is -0.481 e. The Bertz CT molecular complexity index is 128. The highest BCUT2D eigenvalue weighted by molar-refractivity contribution is 7.99. The summed E-state index contributed by atoms with van der Waals surface area (Å²) in [7, 11) is 0. The van der Waals surface area contributed by atoms with Crippen LogP contribution in [0, 0.1) is 0 Å². The van der Waals surface area contributed by atoms with E-state index < -0.39 is 5.97 Å². The molecule has 1 unspecified atom stereocenters. The Hall–Kier alpha value is -0.220. The molecule has 0 saturated heterocycles. The molecule has 0 aliphatic carbocycles. The van der Waals surface area contributed by atoms with Gasteiger partial charge in [0, 0.05) is 12.5 Å². The number of carboxylic acids is 1. The second kappa shape index (κ2) is 7.43. The third-order valence-electron chi connectivity index (χ3n) is 1.40. The van der Waals surface area contributed by atoms with Gasteiger partial charge >= 0.3 is 5.97 Å². The van der Waals surface area contributed by atoms with Crippen molar-refractivity contribution >= 4 is 17.7 Å². The van der Waals surface area contributed by atoms with Gasteiger partial charge < -0.3 is 10.8 Å². The van der Waals surface area contributed by atoms with E-state index in [0.717, 1.165) is 24.3 Å². The van der Waals surface area contributed by atoms with Gasteiger partial charge in [-0.3, -0.25) is 4.79 Å². The van der Waals surface area contributed by atoms with Gasteiger partial charge in [0.15, 0.2) is 0 Å². The van der Waals surface area contributed by atoms with Crippen LogP contribution in [0.25, 0.3) is 0 Å². The quantitative estimate of drug-likeness (QED) is 0.596. The van der Waals surface area contributed by atoms with Gasteiger partial charge in [0.1, 0.15) is 0 Å². The van der Waals surface area contributed by atoms with Crippen LogP contribution < -0.4 is 5.73 Å². The van der Waals surface area contributed by atoms with Crippen molar-refractivity contribution in [3.8, 4) is 0 Å². The van der Waals surface area contributed by atoms with Gasteiger partial charge in [-0.25, -0.2) is 0 Å². The standard InChI is InChI=1S/C8H17NO2S/c1-7(9)4-6-12-5-2-3-8(10)11/h7H,2-6,9H2,1H3,(H,10,11). The lowest BCUT2D eigenvalue weighted by Gasteiger charge is -2.03. The number of nitrogens with two attached hydrogens (primary N) is 1. The molecule has 0 amide bonds. The van der Waals surface area contributed by atoms with Crippen LogP contribution >= 0.6 is 11.8 Å². The minimum atomic E-state index is -0.706. The first-order valence-electron chi connectivity index (χ1n) is 4.18. The number of aliphatic carboxylic acids is 1. The van der Waals surface area contributed by atoms with Crippen LogP contribution in [-0.2, 0) is 4.79 Å². The first-order valence-corrected chi connectivity index (χ1v) is 5.33. The van der Waals surface area contributed by atoms with Gasteiger partial charge in [-0.15, -0.1) is 0 Å². The van der Waals surface area contributed by atoms with Crippen molar-refractivity contribution in [3.63, 3.8) is 0 Å². The predicted octanol–water partition coefficient (Wildman–Crippen LogP) is 1.32. The maximum absolute atomic E-state index is 10.1. The van der Waals surface area contributed by atoms with Gasteiger partial charge in [0.2, 0.25) is 0 Å². The fraction of sp³-hybridized carbons (Fsp3) is 0.875. The van der Waals surface area contributed by atoms with E-state index in [2.05, 4.69) is 0 Å². The highest BCUT2D eigenvalue weighted by Gasteiger charge is 1.97. The van der Waals surface area contributed by atoms with Crippen LogP contribution in [0.4, 0.5) is 0 Å². The number of thioether (sulfide) groups is 1. The molecular weight excluding hydrogens is 174 g/mol. The molecule has 0 aliphatic rings. The molecule has 0 rings (SSSR count). The smallest absolute Gasteiger partial charge is 0.303 e. The molecule has 0 fully saturated rings. The van der Waals surface area contributed by atoms with Gasteiger partial charge in [0.05, 0.1) is 0 Å². The molecule has 0 spiro atoms. The zero-order valence-electron chi connectivity index (χ0n) is 7.45. The number of carbonyl (C=O) groups is 1. The van der Waals surface area contributed by atoms with Crippen molar-refractivity contribution in [2.75, 3.05) is 11.5 Å². The normalized spacial score (nSPS) is 12.8. The van der Waals surface area contributed by atoms with Crippen LogP contribution in [0.2, 0.25) is 0 Å². The maximum Gasteiger partial charge on any atom is 0.303 e. The van der Waals surface area contributed by atoms with E-state index in [1.54, 1.807) is 11.8 Å². The summed E-state index contributed by atoms with van der Waals surface area (Å²) >= 11 is 1.78. The minimum absolute atomic E-state index is 0.261. The highest BCUT2D eigenvalue weighted by atomic mass is 32.2. The molecule has 0 aromatic rings. The van der Waals surface area contributed by atoms with Crippen molar-refractivity contribution < 1.29 is 9.90 Å². The average molecular weight is 191 g/mol. The Kier molecular flexibility index (Phi) is 7.29. The summed E-state index contributed by atoms with van der Waals surface area (Å²) in [6, 6.07) is 0.261. The van der Waals surface area contributed by atoms with Crippen molar-refractivity contribution in [2.45, 2.75) is 32.2 Å². The van der Waals surface area contributed by atoms with Gasteiger partial charge in [0.25, 0.3) is 0 Å². The zero-order chi connectivity index (χ0) is 9.40. The fourth-order valence-corrected chi connectivity index (χ4v) is 1.79. The molecule has 0 bridgehead atoms. The number of carboxylic acid groups (broad SMARTS) is 1. The van der Waals surface area contributed by atoms with Crippen molar-refractivity contribution in [2.24, 2.45) is 5.73 Å². The summed E-state index contributed by atoms with van der Waals surface area (Å²) in [6.45, 7) is 1.98. The topological polar surface area (TPSA) is 63.3 Å². The fourth-order valence-electron chi connectivity index (χ4n) is 0.697. The highest BCUT2D eigenvalue weighted by Crippen LogP contribution is 2.06. The van der Waals surface area contributed by atoms with Gasteiger partial charge in [-0.05, 0) is 31.3 Å². The molecule has 3 N–H and O–H groups in total. The summed E-state index contributed by atoms with van der Waals surface area (Å²) in [6.07, 6.45) is 2.06. The average Bonchev–Trinajstić information content (AvgIpc) is 1.95. The SMILES string of the molecule is CC(N)CCSCCCC(=O)O. The van der Waals surface area contributed by atoms with E-state index in [4.69, 9.17) is 10.8 Å². The lowest BCUT2D eigenvalue weighted by molar-refractivity contribution is -0.137. The number of hydrogen-bond donors (Lipinski definition) is 2. The van der Waals surface area contributed by atoms with E-state index >= 15 is 0 Å². The van der Waals surface area contributed by atoms with Crippen LogP contribution in [0.1, 0.15) is 26.2 Å². The van der Waals surface area contributed by atoms with Crippen LogP contribution in [0.15, 0.2) is 0 Å². The van der Waals surface area contributed by atoms with Crippen LogP contribution in [-0.4, -0.2) is 28.6 Å². The molecule has 0 saturated carbocycles. The van der Waals surface area contributed by atoms with Crippen LogP contribution in [0.5, 0.6) is 0 Å². The Morgan fingerprint density at radius 2 is 2.25 bits per heavy atom. The van der Waals surface area contributed by atoms with Crippen molar-refractivity contribution in [1.29, 1.82) is 0 Å². The summed E-state index contributed by atoms with van der Waals surface area (Å²) in [5, 5.41) is 8.33. The predicted molar refractivity (Wildman–Crippen MR) is 52.5 cm³/mol. The summed E-state index contributed by atoms with van der Waals surface area (Å²) in [5.41, 5.74) is 5.55. The molecule has 0 heterocycles. The second-order valence-corrected chi connectivity index (χ2v) is 4.10. The van der Waals surface area contributed by atoms with Gasteiger partial charge in [-0.2, -0.15) is 11.8 Å². The Labute approximate surface area is 77.7 Å². The maximum atomic E-state index is 10.1. The Morgan fingerprint density at radius 1 is 1.58 bits per heavy atom. The summed E-state index contributed by atoms with van der Waals surface area (Å²) < 4.78 is 0. The molecule has 1 atom stereocenters. The molecule has 0 radical (unpaired) electrons. The molecule has 0 aromatic heterocycles.